The minimum Gasteiger partial charge on any atom is -0.373 e. The lowest BCUT2D eigenvalue weighted by atomic mass is 10.2. The van der Waals surface area contributed by atoms with Crippen LogP contribution in [0.15, 0.2) is 33.2 Å². The average molecular weight is 434 g/mol. The average Bonchev–Trinajstić information content (AvgIpc) is 2.84. The molecule has 0 amide bonds. The number of hydrogen-bond acceptors (Lipinski definition) is 4. The number of hydrogen-bond donors (Lipinski definition) is 1. The van der Waals surface area contributed by atoms with Crippen LogP contribution in [0.5, 0.6) is 0 Å². The first-order chi connectivity index (χ1) is 9.58. The number of anilines is 1. The highest BCUT2D eigenvalue weighted by Crippen LogP contribution is 2.35. The van der Waals surface area contributed by atoms with Gasteiger partial charge in [-0.2, -0.15) is 0 Å². The summed E-state index contributed by atoms with van der Waals surface area (Å²) in [4.78, 5) is 10.2. The van der Waals surface area contributed by atoms with Gasteiger partial charge in [-0.3, -0.25) is 0 Å². The second kappa shape index (κ2) is 5.60. The monoisotopic (exact) mass is 431 g/mol. The van der Waals surface area contributed by atoms with Crippen LogP contribution in [-0.4, -0.2) is 17.0 Å². The van der Waals surface area contributed by atoms with E-state index in [0.29, 0.717) is 5.82 Å². The van der Waals surface area contributed by atoms with E-state index < -0.39 is 0 Å². The van der Waals surface area contributed by atoms with Crippen molar-refractivity contribution in [3.05, 3.63) is 37.5 Å². The zero-order valence-electron chi connectivity index (χ0n) is 10.2. The molecule has 1 N–H and O–H groups in total. The first-order valence-corrected chi connectivity index (χ1v) is 8.47. The van der Waals surface area contributed by atoms with Gasteiger partial charge in [-0.05, 0) is 40.2 Å². The van der Waals surface area contributed by atoms with Crippen LogP contribution in [0, 0.1) is 0 Å². The largest absolute Gasteiger partial charge is 0.373 e. The van der Waals surface area contributed by atoms with Crippen LogP contribution in [0.25, 0.3) is 21.6 Å². The van der Waals surface area contributed by atoms with Crippen molar-refractivity contribution in [2.45, 2.75) is 0 Å². The maximum Gasteiger partial charge on any atom is 0.172 e. The minimum absolute atomic E-state index is 0.668. The van der Waals surface area contributed by atoms with Gasteiger partial charge in [0.25, 0.3) is 0 Å². The Bertz CT molecular complexity index is 804. The standard InChI is InChI=1S/C13H8Br2ClN3S/c1-17-12-7-4-6(14)5-8(15)11(7)18-13(19-12)9-2-3-10(16)20-9/h2-5H,1H3,(H,17,18,19). The zero-order valence-corrected chi connectivity index (χ0v) is 15.0. The van der Waals surface area contributed by atoms with Crippen LogP contribution in [0.2, 0.25) is 4.34 Å². The third-order valence-corrected chi connectivity index (χ3v) is 5.04. The lowest BCUT2D eigenvalue weighted by molar-refractivity contribution is 1.22. The summed E-state index contributed by atoms with van der Waals surface area (Å²) in [6.07, 6.45) is 0. The van der Waals surface area contributed by atoms with Gasteiger partial charge in [-0.25, -0.2) is 9.97 Å². The van der Waals surface area contributed by atoms with Crippen molar-refractivity contribution in [3.8, 4) is 10.7 Å². The number of nitrogens with zero attached hydrogens (tertiary/aromatic N) is 2. The number of fused-ring (bicyclic) bond motifs is 1. The van der Waals surface area contributed by atoms with Crippen LogP contribution >= 0.6 is 54.8 Å². The Hall–Kier alpha value is -0.690. The van der Waals surface area contributed by atoms with Crippen molar-refractivity contribution in [1.29, 1.82) is 0 Å². The predicted octanol–water partition coefficient (Wildman–Crippen LogP) is 5.58. The molecule has 102 valence electrons. The second-order valence-electron chi connectivity index (χ2n) is 4.03. The van der Waals surface area contributed by atoms with E-state index in [9.17, 15) is 0 Å². The highest BCUT2D eigenvalue weighted by Gasteiger charge is 2.13. The van der Waals surface area contributed by atoms with Crippen molar-refractivity contribution in [2.24, 2.45) is 0 Å². The summed E-state index contributed by atoms with van der Waals surface area (Å²) in [6, 6.07) is 7.75. The van der Waals surface area contributed by atoms with Crippen LogP contribution < -0.4 is 5.32 Å². The van der Waals surface area contributed by atoms with E-state index in [1.165, 1.54) is 11.3 Å². The van der Waals surface area contributed by atoms with E-state index in [2.05, 4.69) is 47.1 Å². The topological polar surface area (TPSA) is 37.8 Å². The number of nitrogens with one attached hydrogen (secondary N) is 1. The Labute approximate surface area is 141 Å². The normalized spacial score (nSPS) is 11.0. The van der Waals surface area contributed by atoms with Gasteiger partial charge in [-0.1, -0.05) is 27.5 Å². The van der Waals surface area contributed by atoms with E-state index in [1.807, 2.05) is 31.3 Å². The van der Waals surface area contributed by atoms with E-state index in [1.54, 1.807) is 0 Å². The number of rotatable bonds is 2. The molecule has 2 heterocycles. The summed E-state index contributed by atoms with van der Waals surface area (Å²) in [5.41, 5.74) is 0.868. The van der Waals surface area contributed by atoms with Gasteiger partial charge >= 0.3 is 0 Å². The second-order valence-corrected chi connectivity index (χ2v) is 7.52. The molecule has 0 spiro atoms. The van der Waals surface area contributed by atoms with Gasteiger partial charge < -0.3 is 5.32 Å². The van der Waals surface area contributed by atoms with E-state index in [0.717, 1.165) is 34.9 Å². The quantitative estimate of drug-likeness (QED) is 0.573. The molecule has 20 heavy (non-hydrogen) atoms. The van der Waals surface area contributed by atoms with Crippen molar-refractivity contribution < 1.29 is 0 Å². The van der Waals surface area contributed by atoms with E-state index >= 15 is 0 Å². The summed E-state index contributed by atoms with van der Waals surface area (Å²) < 4.78 is 2.62. The molecular weight excluding hydrogens is 425 g/mol. The summed E-state index contributed by atoms with van der Waals surface area (Å²) in [6.45, 7) is 0. The predicted molar refractivity (Wildman–Crippen MR) is 92.8 cm³/mol. The van der Waals surface area contributed by atoms with Gasteiger partial charge in [-0.15, -0.1) is 11.3 Å². The fraction of sp³-hybridized carbons (Fsp3) is 0.0769. The van der Waals surface area contributed by atoms with Crippen molar-refractivity contribution in [3.63, 3.8) is 0 Å². The molecule has 3 nitrogen and oxygen atoms in total. The SMILES string of the molecule is CNc1nc(-c2ccc(Cl)s2)nc2c(Br)cc(Br)cc12. The Kier molecular flexibility index (Phi) is 3.99. The molecular formula is C13H8Br2ClN3S. The molecule has 3 aromatic rings. The Morgan fingerprint density at radius 2 is 2.00 bits per heavy atom. The lowest BCUT2D eigenvalue weighted by Crippen LogP contribution is -1.98. The molecule has 0 unspecified atom stereocenters. The first kappa shape index (κ1) is 14.3. The summed E-state index contributed by atoms with van der Waals surface area (Å²) in [5, 5.41) is 4.08. The van der Waals surface area contributed by atoms with Gasteiger partial charge in [0.15, 0.2) is 5.82 Å². The van der Waals surface area contributed by atoms with Crippen LogP contribution in [0.1, 0.15) is 0 Å². The van der Waals surface area contributed by atoms with Crippen LogP contribution in [0.3, 0.4) is 0 Å². The summed E-state index contributed by atoms with van der Waals surface area (Å²) in [7, 11) is 1.85. The number of thiophene rings is 1. The molecule has 0 fully saturated rings. The highest BCUT2D eigenvalue weighted by atomic mass is 79.9. The Morgan fingerprint density at radius 1 is 1.20 bits per heavy atom. The molecule has 0 atom stereocenters. The fourth-order valence-electron chi connectivity index (χ4n) is 1.89. The fourth-order valence-corrected chi connectivity index (χ4v) is 4.18. The van der Waals surface area contributed by atoms with Gasteiger partial charge in [0, 0.05) is 21.4 Å². The van der Waals surface area contributed by atoms with Crippen LogP contribution in [0.4, 0.5) is 5.82 Å². The maximum atomic E-state index is 5.99. The maximum absolute atomic E-state index is 5.99. The third kappa shape index (κ3) is 2.57. The highest BCUT2D eigenvalue weighted by molar-refractivity contribution is 9.11. The molecule has 3 rings (SSSR count). The smallest absolute Gasteiger partial charge is 0.172 e. The molecule has 2 aromatic heterocycles. The third-order valence-electron chi connectivity index (χ3n) is 2.75. The van der Waals surface area contributed by atoms with Crippen molar-refractivity contribution in [1.82, 2.24) is 9.97 Å². The molecule has 1 aromatic carbocycles. The van der Waals surface area contributed by atoms with Crippen LogP contribution in [-0.2, 0) is 0 Å². The van der Waals surface area contributed by atoms with Gasteiger partial charge in [0.2, 0.25) is 0 Å². The summed E-state index contributed by atoms with van der Waals surface area (Å²) >= 11 is 14.5. The van der Waals surface area contributed by atoms with E-state index in [4.69, 9.17) is 11.6 Å². The summed E-state index contributed by atoms with van der Waals surface area (Å²) in [5.74, 6) is 1.46. The molecule has 0 bridgehead atoms. The minimum atomic E-state index is 0.668. The number of aromatic nitrogens is 2. The first-order valence-electron chi connectivity index (χ1n) is 5.69. The molecule has 0 saturated carbocycles. The van der Waals surface area contributed by atoms with Gasteiger partial charge in [0.1, 0.15) is 5.82 Å². The van der Waals surface area contributed by atoms with Crippen molar-refractivity contribution in [2.75, 3.05) is 12.4 Å². The Morgan fingerprint density at radius 3 is 2.65 bits per heavy atom. The zero-order chi connectivity index (χ0) is 14.3. The molecule has 0 saturated heterocycles. The van der Waals surface area contributed by atoms with E-state index in [-0.39, 0.29) is 0 Å². The molecule has 0 radical (unpaired) electrons. The van der Waals surface area contributed by atoms with Crippen molar-refractivity contribution >= 4 is 71.5 Å². The molecule has 0 aliphatic rings. The molecule has 0 aliphatic heterocycles. The lowest BCUT2D eigenvalue weighted by Gasteiger charge is -2.09. The molecule has 7 heteroatoms. The number of benzene rings is 1. The molecule has 0 aliphatic carbocycles. The van der Waals surface area contributed by atoms with Gasteiger partial charge in [0.05, 0.1) is 14.7 Å². The Balaban J connectivity index is 2.31. The number of halogens is 3.